The van der Waals surface area contributed by atoms with Gasteiger partial charge in [-0.15, -0.1) is 0 Å². The van der Waals surface area contributed by atoms with E-state index < -0.39 is 28.5 Å². The van der Waals surface area contributed by atoms with Crippen LogP contribution in [0.25, 0.3) is 0 Å². The molecular formula is C27H29Cl2N3O4S. The van der Waals surface area contributed by atoms with Gasteiger partial charge in [0, 0.05) is 23.6 Å². The largest absolute Gasteiger partial charge is 0.357 e. The molecule has 0 fully saturated rings. The summed E-state index contributed by atoms with van der Waals surface area (Å²) < 4.78 is 28.5. The van der Waals surface area contributed by atoms with E-state index in [1.807, 2.05) is 6.92 Å². The summed E-state index contributed by atoms with van der Waals surface area (Å²) in [4.78, 5) is 28.0. The fourth-order valence-electron chi connectivity index (χ4n) is 3.88. The van der Waals surface area contributed by atoms with Crippen LogP contribution in [-0.2, 0) is 26.2 Å². The molecule has 3 aromatic rings. The van der Waals surface area contributed by atoms with E-state index in [4.69, 9.17) is 23.2 Å². The lowest BCUT2D eigenvalue weighted by Crippen LogP contribution is -2.51. The topological polar surface area (TPSA) is 86.8 Å². The van der Waals surface area contributed by atoms with Crippen molar-refractivity contribution in [2.24, 2.45) is 0 Å². The number of hydrogen-bond acceptors (Lipinski definition) is 4. The monoisotopic (exact) mass is 561 g/mol. The first-order valence-corrected chi connectivity index (χ1v) is 13.9. The van der Waals surface area contributed by atoms with E-state index in [1.54, 1.807) is 67.6 Å². The van der Waals surface area contributed by atoms with Crippen LogP contribution in [0.2, 0.25) is 10.0 Å². The molecule has 0 aromatic heterocycles. The number of anilines is 1. The molecule has 3 aromatic carbocycles. The van der Waals surface area contributed by atoms with Crippen molar-refractivity contribution in [2.45, 2.75) is 37.8 Å². The molecule has 0 unspecified atom stereocenters. The fraction of sp³-hybridized carbons (Fsp3) is 0.259. The molecular weight excluding hydrogens is 533 g/mol. The molecule has 0 aliphatic rings. The molecule has 1 N–H and O–H groups in total. The Morgan fingerprint density at radius 3 is 2.19 bits per heavy atom. The van der Waals surface area contributed by atoms with Crippen molar-refractivity contribution in [1.29, 1.82) is 0 Å². The van der Waals surface area contributed by atoms with Gasteiger partial charge in [-0.2, -0.15) is 0 Å². The number of halogens is 2. The van der Waals surface area contributed by atoms with E-state index in [9.17, 15) is 18.0 Å². The molecule has 0 saturated heterocycles. The predicted octanol–water partition coefficient (Wildman–Crippen LogP) is 5.05. The zero-order valence-electron chi connectivity index (χ0n) is 20.8. The zero-order valence-corrected chi connectivity index (χ0v) is 23.1. The van der Waals surface area contributed by atoms with Crippen molar-refractivity contribution in [3.63, 3.8) is 0 Å². The molecule has 196 valence electrons. The van der Waals surface area contributed by atoms with Gasteiger partial charge in [0.25, 0.3) is 10.0 Å². The molecule has 0 aliphatic heterocycles. The van der Waals surface area contributed by atoms with Gasteiger partial charge in [-0.3, -0.25) is 13.9 Å². The van der Waals surface area contributed by atoms with Crippen LogP contribution in [0.15, 0.2) is 77.7 Å². The smallest absolute Gasteiger partial charge is 0.264 e. The van der Waals surface area contributed by atoms with Crippen molar-refractivity contribution in [2.75, 3.05) is 17.9 Å². The van der Waals surface area contributed by atoms with E-state index in [1.165, 1.54) is 24.1 Å². The number of hydrogen-bond donors (Lipinski definition) is 1. The maximum absolute atomic E-state index is 13.8. The lowest BCUT2D eigenvalue weighted by atomic mass is 10.1. The summed E-state index contributed by atoms with van der Waals surface area (Å²) in [6.07, 6.45) is 0.312. The third kappa shape index (κ3) is 6.83. The summed E-state index contributed by atoms with van der Waals surface area (Å²) in [5.74, 6) is -0.921. The van der Waals surface area contributed by atoms with Gasteiger partial charge in [-0.25, -0.2) is 8.42 Å². The Labute approximate surface area is 228 Å². The molecule has 7 nitrogen and oxygen atoms in total. The van der Waals surface area contributed by atoms with E-state index in [0.29, 0.717) is 27.7 Å². The number of carbonyl (C=O) groups excluding carboxylic acids is 2. The van der Waals surface area contributed by atoms with Crippen molar-refractivity contribution in [1.82, 2.24) is 10.2 Å². The average molecular weight is 563 g/mol. The summed E-state index contributed by atoms with van der Waals surface area (Å²) in [5, 5.41) is 3.36. The second-order valence-electron chi connectivity index (χ2n) is 8.46. The lowest BCUT2D eigenvalue weighted by Gasteiger charge is -2.33. The van der Waals surface area contributed by atoms with E-state index in [2.05, 4.69) is 5.32 Å². The van der Waals surface area contributed by atoms with Gasteiger partial charge in [0.2, 0.25) is 11.8 Å². The Morgan fingerprint density at radius 2 is 1.62 bits per heavy atom. The molecule has 0 bridgehead atoms. The minimum atomic E-state index is -4.10. The van der Waals surface area contributed by atoms with Crippen molar-refractivity contribution >= 4 is 50.7 Å². The normalized spacial score (nSPS) is 12.0. The minimum Gasteiger partial charge on any atom is -0.357 e. The van der Waals surface area contributed by atoms with Crippen LogP contribution in [0, 0.1) is 6.92 Å². The van der Waals surface area contributed by atoms with Gasteiger partial charge in [0.1, 0.15) is 12.6 Å². The molecule has 0 radical (unpaired) electrons. The lowest BCUT2D eigenvalue weighted by molar-refractivity contribution is -0.140. The SMILES string of the molecule is CC[C@@H](C(=O)NC)N(Cc1ccc(Cl)cc1Cl)C(=O)CN(c1ccc(C)cc1)S(=O)(=O)c1ccccc1. The van der Waals surface area contributed by atoms with Gasteiger partial charge in [0.05, 0.1) is 10.6 Å². The van der Waals surface area contributed by atoms with E-state index >= 15 is 0 Å². The van der Waals surface area contributed by atoms with Gasteiger partial charge in [-0.1, -0.05) is 72.1 Å². The number of benzene rings is 3. The van der Waals surface area contributed by atoms with Crippen molar-refractivity contribution < 1.29 is 18.0 Å². The molecule has 0 spiro atoms. The first-order chi connectivity index (χ1) is 17.6. The van der Waals surface area contributed by atoms with Gasteiger partial charge in [-0.05, 0) is 55.3 Å². The molecule has 0 heterocycles. The Morgan fingerprint density at radius 1 is 0.973 bits per heavy atom. The van der Waals surface area contributed by atoms with E-state index in [-0.39, 0.29) is 17.3 Å². The number of nitrogens with one attached hydrogen (secondary N) is 1. The average Bonchev–Trinajstić information content (AvgIpc) is 2.89. The first kappa shape index (κ1) is 28.5. The highest BCUT2D eigenvalue weighted by Crippen LogP contribution is 2.27. The third-order valence-corrected chi connectivity index (χ3v) is 8.30. The molecule has 2 amide bonds. The predicted molar refractivity (Wildman–Crippen MR) is 147 cm³/mol. The van der Waals surface area contributed by atoms with Gasteiger partial charge >= 0.3 is 0 Å². The summed E-state index contributed by atoms with van der Waals surface area (Å²) in [6, 6.07) is 18.8. The van der Waals surface area contributed by atoms with Crippen LogP contribution >= 0.6 is 23.2 Å². The quantitative estimate of drug-likeness (QED) is 0.375. The Bertz CT molecular complexity index is 1350. The Balaban J connectivity index is 2.06. The summed E-state index contributed by atoms with van der Waals surface area (Å²) in [6.45, 7) is 3.15. The maximum Gasteiger partial charge on any atom is 0.264 e. The molecule has 3 rings (SSSR count). The van der Waals surface area contributed by atoms with Crippen LogP contribution in [0.3, 0.4) is 0 Å². The first-order valence-electron chi connectivity index (χ1n) is 11.7. The van der Waals surface area contributed by atoms with Gasteiger partial charge in [0.15, 0.2) is 0 Å². The third-order valence-electron chi connectivity index (χ3n) is 5.92. The maximum atomic E-state index is 13.8. The second-order valence-corrected chi connectivity index (χ2v) is 11.2. The van der Waals surface area contributed by atoms with Crippen LogP contribution in [0.4, 0.5) is 5.69 Å². The standard InChI is InChI=1S/C27H29Cl2N3O4S/c1-4-25(27(34)30-3)31(17-20-12-13-21(28)16-24(20)29)26(33)18-32(22-14-10-19(2)11-15-22)37(35,36)23-8-6-5-7-9-23/h5-16,25H,4,17-18H2,1-3H3,(H,30,34)/t25-/m0/s1. The molecule has 37 heavy (non-hydrogen) atoms. The van der Waals surface area contributed by atoms with Crippen LogP contribution in [-0.4, -0.2) is 44.8 Å². The minimum absolute atomic E-state index is 0.00607. The highest BCUT2D eigenvalue weighted by atomic mass is 35.5. The summed E-state index contributed by atoms with van der Waals surface area (Å²) in [7, 11) is -2.61. The Kier molecular flexibility index (Phi) is 9.59. The van der Waals surface area contributed by atoms with Crippen molar-refractivity contribution in [3.05, 3.63) is 94.0 Å². The summed E-state index contributed by atoms with van der Waals surface area (Å²) in [5.41, 5.74) is 1.85. The fourth-order valence-corrected chi connectivity index (χ4v) is 5.78. The molecule has 10 heteroatoms. The van der Waals surface area contributed by atoms with E-state index in [0.717, 1.165) is 9.87 Å². The number of sulfonamides is 1. The summed E-state index contributed by atoms with van der Waals surface area (Å²) >= 11 is 12.4. The number of carbonyl (C=O) groups is 2. The second kappa shape index (κ2) is 12.4. The van der Waals surface area contributed by atoms with Crippen LogP contribution in [0.1, 0.15) is 24.5 Å². The molecule has 1 atom stereocenters. The molecule has 0 aliphatic carbocycles. The number of likely N-dealkylation sites (N-methyl/N-ethyl adjacent to an activating group) is 1. The van der Waals surface area contributed by atoms with Gasteiger partial charge < -0.3 is 10.2 Å². The number of rotatable bonds is 10. The number of amides is 2. The molecule has 0 saturated carbocycles. The van der Waals surface area contributed by atoms with Crippen LogP contribution in [0.5, 0.6) is 0 Å². The van der Waals surface area contributed by atoms with Crippen molar-refractivity contribution in [3.8, 4) is 0 Å². The highest BCUT2D eigenvalue weighted by Gasteiger charge is 2.33. The number of aryl methyl sites for hydroxylation is 1. The zero-order chi connectivity index (χ0) is 27.2. The highest BCUT2D eigenvalue weighted by molar-refractivity contribution is 7.92. The number of nitrogens with zero attached hydrogens (tertiary/aromatic N) is 2. The van der Waals surface area contributed by atoms with Crippen LogP contribution < -0.4 is 9.62 Å². The Hall–Kier alpha value is -3.07.